The van der Waals surface area contributed by atoms with Crippen LogP contribution in [0.5, 0.6) is 0 Å². The van der Waals surface area contributed by atoms with Crippen molar-refractivity contribution in [2.75, 3.05) is 13.2 Å². The number of aliphatic hydroxyl groups excluding tert-OH is 1. The molecule has 1 amide bonds. The van der Waals surface area contributed by atoms with Gasteiger partial charge >= 0.3 is 6.09 Å². The number of hydrogen-bond donors (Lipinski definition) is 2. The van der Waals surface area contributed by atoms with E-state index in [4.69, 9.17) is 4.43 Å². The maximum absolute atomic E-state index is 12.1. The Balaban J connectivity index is 2.59. The number of aliphatic hydroxyl groups is 1. The summed E-state index contributed by atoms with van der Waals surface area (Å²) in [6.07, 6.45) is -0.682. The molecule has 2 aromatic rings. The van der Waals surface area contributed by atoms with E-state index in [1.165, 1.54) is 4.90 Å². The Bertz CT molecular complexity index is 789. The zero-order valence-corrected chi connectivity index (χ0v) is 20.6. The largest absolute Gasteiger partial charge is 0.465 e. The quantitative estimate of drug-likeness (QED) is 0.603. The standard InChI is InChI=1S/C25H37NO4Si/c1-24(2,3)26(23(28)29)20(17-18-27)19-30-31(25(4,5)6,21-13-9-7-10-14-21)22-15-11-8-12-16-22/h7-16,20,27H,17-19H2,1-6H3,(H,28,29)/t20-/m0/s1. The van der Waals surface area contributed by atoms with Gasteiger partial charge in [-0.1, -0.05) is 81.4 Å². The lowest BCUT2D eigenvalue weighted by Gasteiger charge is -2.46. The minimum absolute atomic E-state index is 0.103. The smallest absolute Gasteiger partial charge is 0.408 e. The van der Waals surface area contributed by atoms with Gasteiger partial charge in [0.2, 0.25) is 0 Å². The summed E-state index contributed by atoms with van der Waals surface area (Å²) in [5.74, 6) is 0. The first-order valence-corrected chi connectivity index (χ1v) is 12.7. The van der Waals surface area contributed by atoms with E-state index in [-0.39, 0.29) is 18.3 Å². The zero-order valence-electron chi connectivity index (χ0n) is 19.6. The summed E-state index contributed by atoms with van der Waals surface area (Å²) in [4.78, 5) is 13.5. The number of amides is 1. The molecule has 0 spiro atoms. The van der Waals surface area contributed by atoms with Crippen LogP contribution in [0.3, 0.4) is 0 Å². The Morgan fingerprint density at radius 2 is 1.39 bits per heavy atom. The first kappa shape index (κ1) is 25.1. The average molecular weight is 444 g/mol. The Morgan fingerprint density at radius 1 is 0.935 bits per heavy atom. The number of rotatable bonds is 8. The lowest BCUT2D eigenvalue weighted by molar-refractivity contribution is 0.0396. The lowest BCUT2D eigenvalue weighted by atomic mass is 10.0. The first-order chi connectivity index (χ1) is 14.4. The second-order valence-electron chi connectivity index (χ2n) is 9.96. The van der Waals surface area contributed by atoms with Crippen molar-refractivity contribution in [3.8, 4) is 0 Å². The molecule has 0 unspecified atom stereocenters. The first-order valence-electron chi connectivity index (χ1n) is 10.8. The van der Waals surface area contributed by atoms with E-state index >= 15 is 0 Å². The second kappa shape index (κ2) is 9.98. The minimum Gasteiger partial charge on any atom is -0.465 e. The predicted molar refractivity (Wildman–Crippen MR) is 129 cm³/mol. The van der Waals surface area contributed by atoms with Gasteiger partial charge in [0.25, 0.3) is 8.32 Å². The molecule has 31 heavy (non-hydrogen) atoms. The maximum atomic E-state index is 12.1. The van der Waals surface area contributed by atoms with E-state index in [0.717, 1.165) is 10.4 Å². The average Bonchev–Trinajstić information content (AvgIpc) is 2.68. The highest BCUT2D eigenvalue weighted by atomic mass is 28.4. The molecule has 0 bridgehead atoms. The topological polar surface area (TPSA) is 70.0 Å². The van der Waals surface area contributed by atoms with Crippen LogP contribution in [0.15, 0.2) is 60.7 Å². The highest BCUT2D eigenvalue weighted by molar-refractivity contribution is 6.99. The second-order valence-corrected chi connectivity index (χ2v) is 14.3. The molecule has 2 N–H and O–H groups in total. The summed E-state index contributed by atoms with van der Waals surface area (Å²) in [5, 5.41) is 21.7. The van der Waals surface area contributed by atoms with Crippen molar-refractivity contribution in [3.05, 3.63) is 60.7 Å². The number of hydrogen-bond acceptors (Lipinski definition) is 3. The third-order valence-corrected chi connectivity index (χ3v) is 10.7. The molecule has 5 nitrogen and oxygen atoms in total. The predicted octanol–water partition coefficient (Wildman–Crippen LogP) is 4.09. The van der Waals surface area contributed by atoms with Gasteiger partial charge in [-0.3, -0.25) is 4.90 Å². The molecule has 0 saturated heterocycles. The third-order valence-electron chi connectivity index (χ3n) is 5.67. The zero-order chi connectivity index (χ0) is 23.3. The summed E-state index contributed by atoms with van der Waals surface area (Å²) in [6, 6.07) is 20.1. The van der Waals surface area contributed by atoms with Crippen LogP contribution in [0.25, 0.3) is 0 Å². The molecule has 0 aliphatic carbocycles. The van der Waals surface area contributed by atoms with Crippen LogP contribution in [0.1, 0.15) is 48.0 Å². The van der Waals surface area contributed by atoms with Gasteiger partial charge in [0.05, 0.1) is 12.6 Å². The lowest BCUT2D eigenvalue weighted by Crippen LogP contribution is -2.67. The van der Waals surface area contributed by atoms with E-state index in [0.29, 0.717) is 6.42 Å². The van der Waals surface area contributed by atoms with Crippen molar-refractivity contribution in [3.63, 3.8) is 0 Å². The van der Waals surface area contributed by atoms with Crippen molar-refractivity contribution in [2.24, 2.45) is 0 Å². The van der Waals surface area contributed by atoms with Gasteiger partial charge < -0.3 is 14.6 Å². The molecule has 0 aromatic heterocycles. The number of carboxylic acid groups (broad SMARTS) is 1. The van der Waals surface area contributed by atoms with Crippen LogP contribution >= 0.6 is 0 Å². The summed E-state index contributed by atoms with van der Waals surface area (Å²) < 4.78 is 6.93. The molecule has 0 radical (unpaired) electrons. The Labute approximate surface area is 187 Å². The fourth-order valence-corrected chi connectivity index (χ4v) is 9.01. The van der Waals surface area contributed by atoms with Crippen LogP contribution in [-0.4, -0.2) is 54.3 Å². The van der Waals surface area contributed by atoms with Gasteiger partial charge in [-0.2, -0.15) is 0 Å². The molecule has 0 saturated carbocycles. The van der Waals surface area contributed by atoms with Crippen LogP contribution in [0.4, 0.5) is 4.79 Å². The van der Waals surface area contributed by atoms with E-state index in [1.54, 1.807) is 0 Å². The van der Waals surface area contributed by atoms with Crippen molar-refractivity contribution in [1.29, 1.82) is 0 Å². The molecule has 6 heteroatoms. The molecule has 0 aliphatic heterocycles. The van der Waals surface area contributed by atoms with Crippen molar-refractivity contribution < 1.29 is 19.4 Å². The van der Waals surface area contributed by atoms with E-state index < -0.39 is 26.0 Å². The molecule has 2 aromatic carbocycles. The molecular weight excluding hydrogens is 406 g/mol. The molecular formula is C25H37NO4Si. The van der Waals surface area contributed by atoms with Crippen molar-refractivity contribution in [1.82, 2.24) is 4.90 Å². The highest BCUT2D eigenvalue weighted by Crippen LogP contribution is 2.37. The highest BCUT2D eigenvalue weighted by Gasteiger charge is 2.50. The third kappa shape index (κ3) is 5.56. The van der Waals surface area contributed by atoms with Crippen LogP contribution in [-0.2, 0) is 4.43 Å². The minimum atomic E-state index is -2.78. The normalized spacial score (nSPS) is 13.6. The monoisotopic (exact) mass is 443 g/mol. The van der Waals surface area contributed by atoms with Gasteiger partial charge in [0, 0.05) is 12.1 Å². The van der Waals surface area contributed by atoms with E-state index in [9.17, 15) is 15.0 Å². The molecule has 2 rings (SSSR count). The SMILES string of the molecule is CC(C)(C)N(C(=O)O)[C@@H](CCO)CO[Si](c1ccccc1)(c1ccccc1)C(C)(C)C. The van der Waals surface area contributed by atoms with Crippen LogP contribution < -0.4 is 10.4 Å². The Hall–Kier alpha value is -2.15. The molecule has 0 fully saturated rings. The Morgan fingerprint density at radius 3 is 1.71 bits per heavy atom. The molecule has 0 aliphatic rings. The maximum Gasteiger partial charge on any atom is 0.408 e. The van der Waals surface area contributed by atoms with Crippen LogP contribution in [0.2, 0.25) is 5.04 Å². The van der Waals surface area contributed by atoms with Crippen molar-refractivity contribution >= 4 is 24.8 Å². The van der Waals surface area contributed by atoms with Gasteiger partial charge in [-0.05, 0) is 42.6 Å². The fraction of sp³-hybridized carbons (Fsp3) is 0.480. The Kier molecular flexibility index (Phi) is 8.08. The molecule has 170 valence electrons. The van der Waals surface area contributed by atoms with Crippen LogP contribution in [0, 0.1) is 0 Å². The summed E-state index contributed by atoms with van der Waals surface area (Å²) in [6.45, 7) is 12.3. The van der Waals surface area contributed by atoms with Crippen molar-refractivity contribution in [2.45, 2.75) is 64.6 Å². The number of benzene rings is 2. The summed E-state index contributed by atoms with van der Waals surface area (Å²) >= 11 is 0. The van der Waals surface area contributed by atoms with Gasteiger partial charge in [0.15, 0.2) is 0 Å². The van der Waals surface area contributed by atoms with Gasteiger partial charge in [-0.15, -0.1) is 0 Å². The van der Waals surface area contributed by atoms with Gasteiger partial charge in [-0.25, -0.2) is 4.79 Å². The van der Waals surface area contributed by atoms with Gasteiger partial charge in [0.1, 0.15) is 0 Å². The summed E-state index contributed by atoms with van der Waals surface area (Å²) in [5.41, 5.74) is -0.611. The molecule has 0 heterocycles. The van der Waals surface area contributed by atoms with E-state index in [1.807, 2.05) is 57.2 Å². The number of nitrogens with zero attached hydrogens (tertiary/aromatic N) is 1. The summed E-state index contributed by atoms with van der Waals surface area (Å²) in [7, 11) is -2.78. The number of carbonyl (C=O) groups is 1. The van der Waals surface area contributed by atoms with E-state index in [2.05, 4.69) is 45.0 Å². The fourth-order valence-electron chi connectivity index (χ4n) is 4.41. The molecule has 1 atom stereocenters.